The number of hydrogen-bond donors (Lipinski definition) is 1. The Bertz CT molecular complexity index is 1140. The Morgan fingerprint density at radius 2 is 1.76 bits per heavy atom. The molecule has 5 nitrogen and oxygen atoms in total. The number of hydrogen-bond acceptors (Lipinski definition) is 3. The van der Waals surface area contributed by atoms with Crippen molar-refractivity contribution in [2.24, 2.45) is 7.05 Å². The van der Waals surface area contributed by atoms with Gasteiger partial charge in [0.15, 0.2) is 0 Å². The minimum Gasteiger partial charge on any atom is -0.507 e. The molecule has 0 bridgehead atoms. The zero-order valence-corrected chi connectivity index (χ0v) is 16.8. The molecule has 1 aromatic heterocycles. The number of benzene rings is 2. The van der Waals surface area contributed by atoms with E-state index in [-0.39, 0.29) is 11.3 Å². The van der Waals surface area contributed by atoms with E-state index in [0.717, 1.165) is 28.5 Å². The monoisotopic (exact) mass is 388 g/mol. The van der Waals surface area contributed by atoms with Crippen LogP contribution in [-0.2, 0) is 16.6 Å². The molecule has 0 aliphatic carbocycles. The third kappa shape index (κ3) is 3.03. The molecule has 1 unspecified atom stereocenters. The van der Waals surface area contributed by atoms with Crippen LogP contribution in [0.1, 0.15) is 36.1 Å². The summed E-state index contributed by atoms with van der Waals surface area (Å²) in [7, 11) is 1.94. The van der Waals surface area contributed by atoms with Crippen molar-refractivity contribution in [3.05, 3.63) is 77.0 Å². The van der Waals surface area contributed by atoms with Crippen LogP contribution in [-0.4, -0.2) is 32.8 Å². The topological polar surface area (TPSA) is 62.5 Å². The summed E-state index contributed by atoms with van der Waals surface area (Å²) in [6.07, 6.45) is 2.67. The van der Waals surface area contributed by atoms with E-state index in [1.165, 1.54) is 0 Å². The zero-order chi connectivity index (χ0) is 20.7. The lowest BCUT2D eigenvalue weighted by atomic mass is 9.94. The molecule has 148 valence electrons. The number of likely N-dealkylation sites (tertiary alicyclic amines) is 1. The first-order valence-corrected chi connectivity index (χ1v) is 9.83. The lowest BCUT2D eigenvalue weighted by molar-refractivity contribution is -0.139. The Labute approximate surface area is 169 Å². The summed E-state index contributed by atoms with van der Waals surface area (Å²) in [5.41, 5.74) is 3.61. The van der Waals surface area contributed by atoms with E-state index in [2.05, 4.69) is 0 Å². The summed E-state index contributed by atoms with van der Waals surface area (Å²) < 4.78 is 1.99. The molecular formula is C24H24N2O3. The first-order chi connectivity index (χ1) is 13.9. The van der Waals surface area contributed by atoms with E-state index in [1.54, 1.807) is 17.0 Å². The highest BCUT2D eigenvalue weighted by molar-refractivity contribution is 6.46. The first kappa shape index (κ1) is 19.0. The standard InChI is InChI=1S/C24H24N2O3/c1-4-13-26-21(18-14-25(3)19-8-6-5-7-17(18)19)20(23(28)24(26)29)22(27)16-11-9-15(2)10-12-16/h5-12,14,21,27H,4,13H2,1-3H3/b22-20+. The van der Waals surface area contributed by atoms with Gasteiger partial charge in [-0.1, -0.05) is 55.0 Å². The molecule has 0 spiro atoms. The molecular weight excluding hydrogens is 364 g/mol. The van der Waals surface area contributed by atoms with Crippen LogP contribution < -0.4 is 0 Å². The van der Waals surface area contributed by atoms with Gasteiger partial charge >= 0.3 is 0 Å². The van der Waals surface area contributed by atoms with Crippen LogP contribution in [0, 0.1) is 6.92 Å². The van der Waals surface area contributed by atoms with Gasteiger partial charge in [-0.15, -0.1) is 0 Å². The van der Waals surface area contributed by atoms with Gasteiger partial charge in [-0.2, -0.15) is 0 Å². The molecule has 1 aliphatic heterocycles. The summed E-state index contributed by atoms with van der Waals surface area (Å²) in [6, 6.07) is 14.6. The molecule has 2 heterocycles. The lowest BCUT2D eigenvalue weighted by Gasteiger charge is -2.24. The fourth-order valence-electron chi connectivity index (χ4n) is 4.13. The molecule has 2 aromatic carbocycles. The predicted molar refractivity (Wildman–Crippen MR) is 113 cm³/mol. The Balaban J connectivity index is 1.97. The predicted octanol–water partition coefficient (Wildman–Crippen LogP) is 4.32. The smallest absolute Gasteiger partial charge is 0.295 e. The fraction of sp³-hybridized carbons (Fsp3) is 0.250. The second kappa shape index (κ2) is 7.24. The normalized spacial score (nSPS) is 18.7. The molecule has 4 rings (SSSR count). The van der Waals surface area contributed by atoms with Gasteiger partial charge in [-0.3, -0.25) is 9.59 Å². The number of para-hydroxylation sites is 1. The van der Waals surface area contributed by atoms with Gasteiger partial charge in [-0.05, 0) is 19.4 Å². The third-order valence-corrected chi connectivity index (χ3v) is 5.55. The van der Waals surface area contributed by atoms with E-state index in [9.17, 15) is 14.7 Å². The molecule has 1 aliphatic rings. The van der Waals surface area contributed by atoms with E-state index in [0.29, 0.717) is 12.1 Å². The summed E-state index contributed by atoms with van der Waals surface area (Å²) in [5.74, 6) is -1.31. The van der Waals surface area contributed by atoms with Crippen molar-refractivity contribution in [1.82, 2.24) is 9.47 Å². The van der Waals surface area contributed by atoms with E-state index < -0.39 is 17.7 Å². The third-order valence-electron chi connectivity index (χ3n) is 5.55. The van der Waals surface area contributed by atoms with Crippen molar-refractivity contribution in [3.8, 4) is 0 Å². The minimum atomic E-state index is -0.630. The Kier molecular flexibility index (Phi) is 4.74. The number of aromatic nitrogens is 1. The molecule has 1 N–H and O–H groups in total. The number of rotatable bonds is 4. The lowest BCUT2D eigenvalue weighted by Crippen LogP contribution is -2.30. The Morgan fingerprint density at radius 3 is 2.45 bits per heavy atom. The van der Waals surface area contributed by atoms with Gasteiger partial charge in [0.2, 0.25) is 0 Å². The first-order valence-electron chi connectivity index (χ1n) is 9.83. The van der Waals surface area contributed by atoms with Gasteiger partial charge in [0, 0.05) is 41.8 Å². The average Bonchev–Trinajstić information content (AvgIpc) is 3.18. The summed E-state index contributed by atoms with van der Waals surface area (Å²) in [6.45, 7) is 4.38. The zero-order valence-electron chi connectivity index (χ0n) is 16.8. The minimum absolute atomic E-state index is 0.125. The maximum atomic E-state index is 13.0. The van der Waals surface area contributed by atoms with Crippen molar-refractivity contribution in [3.63, 3.8) is 0 Å². The SMILES string of the molecule is CCCN1C(=O)C(=O)/C(=C(/O)c2ccc(C)cc2)C1c1cn(C)c2ccccc12. The molecule has 0 saturated carbocycles. The van der Waals surface area contributed by atoms with E-state index in [4.69, 9.17) is 0 Å². The Morgan fingerprint density at radius 1 is 1.07 bits per heavy atom. The maximum absolute atomic E-state index is 13.0. The molecule has 3 aromatic rings. The number of ketones is 1. The number of carbonyl (C=O) groups is 2. The molecule has 1 atom stereocenters. The number of aliphatic hydroxyl groups excluding tert-OH is 1. The number of amides is 1. The van der Waals surface area contributed by atoms with Gasteiger partial charge in [0.05, 0.1) is 11.6 Å². The van der Waals surface area contributed by atoms with Crippen LogP contribution >= 0.6 is 0 Å². The van der Waals surface area contributed by atoms with Crippen LogP contribution in [0.3, 0.4) is 0 Å². The van der Waals surface area contributed by atoms with E-state index in [1.807, 2.05) is 68.1 Å². The van der Waals surface area contributed by atoms with Gasteiger partial charge in [-0.25, -0.2) is 0 Å². The van der Waals surface area contributed by atoms with Crippen LogP contribution in [0.4, 0.5) is 0 Å². The molecule has 0 radical (unpaired) electrons. The number of fused-ring (bicyclic) bond motifs is 1. The van der Waals surface area contributed by atoms with Crippen LogP contribution in [0.2, 0.25) is 0 Å². The molecule has 1 saturated heterocycles. The molecule has 29 heavy (non-hydrogen) atoms. The van der Waals surface area contributed by atoms with Gasteiger partial charge in [0.1, 0.15) is 5.76 Å². The highest BCUT2D eigenvalue weighted by Crippen LogP contribution is 2.42. The summed E-state index contributed by atoms with van der Waals surface area (Å²) >= 11 is 0. The van der Waals surface area contributed by atoms with Crippen molar-refractivity contribution < 1.29 is 14.7 Å². The average molecular weight is 388 g/mol. The highest BCUT2D eigenvalue weighted by Gasteiger charge is 2.46. The maximum Gasteiger partial charge on any atom is 0.295 e. The number of nitrogens with zero attached hydrogens (tertiary/aromatic N) is 2. The Hall–Kier alpha value is -3.34. The molecule has 1 fully saturated rings. The quantitative estimate of drug-likeness (QED) is 0.411. The number of Topliss-reactive ketones (excluding diaryl/α,β-unsaturated/α-hetero) is 1. The number of carbonyl (C=O) groups excluding carboxylic acids is 2. The second-order valence-corrected chi connectivity index (χ2v) is 7.57. The highest BCUT2D eigenvalue weighted by atomic mass is 16.3. The van der Waals surface area contributed by atoms with Gasteiger partial charge in [0.25, 0.3) is 11.7 Å². The van der Waals surface area contributed by atoms with Crippen LogP contribution in [0.15, 0.2) is 60.3 Å². The van der Waals surface area contributed by atoms with Crippen LogP contribution in [0.25, 0.3) is 16.7 Å². The second-order valence-electron chi connectivity index (χ2n) is 7.57. The number of aryl methyl sites for hydroxylation is 2. The van der Waals surface area contributed by atoms with E-state index >= 15 is 0 Å². The van der Waals surface area contributed by atoms with Crippen LogP contribution in [0.5, 0.6) is 0 Å². The largest absolute Gasteiger partial charge is 0.507 e. The van der Waals surface area contributed by atoms with Crippen molar-refractivity contribution >= 4 is 28.4 Å². The van der Waals surface area contributed by atoms with Crippen molar-refractivity contribution in [1.29, 1.82) is 0 Å². The van der Waals surface area contributed by atoms with Crippen molar-refractivity contribution in [2.45, 2.75) is 26.3 Å². The number of aliphatic hydroxyl groups is 1. The molecule has 1 amide bonds. The summed E-state index contributed by atoms with van der Waals surface area (Å²) in [4.78, 5) is 27.4. The fourth-order valence-corrected chi connectivity index (χ4v) is 4.13. The molecule has 5 heteroatoms. The van der Waals surface area contributed by atoms with Gasteiger partial charge < -0.3 is 14.6 Å². The summed E-state index contributed by atoms with van der Waals surface area (Å²) in [5, 5.41) is 12.0. The van der Waals surface area contributed by atoms with Crippen molar-refractivity contribution in [2.75, 3.05) is 6.54 Å².